The number of oxime groups is 5. The Kier molecular flexibility index (Phi) is 22.1. The zero-order valence-corrected chi connectivity index (χ0v) is 59.4. The average molecular weight is 1480 g/mol. The van der Waals surface area contributed by atoms with E-state index in [1.807, 2.05) is 237 Å². The summed E-state index contributed by atoms with van der Waals surface area (Å²) in [6.45, 7) is 6.39. The molecule has 0 amide bonds. The van der Waals surface area contributed by atoms with Crippen LogP contribution in [0, 0.1) is 113 Å². The van der Waals surface area contributed by atoms with Crippen molar-refractivity contribution in [3.63, 3.8) is 0 Å². The monoisotopic (exact) mass is 1480 g/mol. The normalized spacial score (nSPS) is 13.0. The summed E-state index contributed by atoms with van der Waals surface area (Å²) in [6, 6.07) is 75.3. The van der Waals surface area contributed by atoms with Gasteiger partial charge in [0, 0.05) is 55.6 Å². The van der Waals surface area contributed by atoms with E-state index >= 15 is 0 Å². The van der Waals surface area contributed by atoms with Crippen molar-refractivity contribution < 1.29 is 24.2 Å². The molecule has 0 saturated carbocycles. The maximum absolute atomic E-state index is 9.23. The molecular weight excluding hydrogens is 1440 g/mol. The SMILES string of the molecule is C=CCON=C1c2ccccc2-c2nc(C#N)c(C#N)nc21.CCON=C1c2ccccc2-c2nc(C#N)c(C#N)nc21.CON=C1c2ccccc2-c2nc(C#N)c(C#N)nc21.N#Cc1nc2c(nc1C#N)-c1ccccc1C2=NOCc1ccccc1.N#Cc1nc2c(nc1C#N)-c1ccccc1C2=NOc1ccccc1. The molecule has 0 radical (unpaired) electrons. The van der Waals surface area contributed by atoms with Crippen molar-refractivity contribution in [3.8, 4) is 123 Å². The fourth-order valence-electron chi connectivity index (χ4n) is 12.0. The Hall–Kier alpha value is -18.1. The maximum atomic E-state index is 9.23. The quantitative estimate of drug-likeness (QED) is 0.0659. The van der Waals surface area contributed by atoms with Crippen molar-refractivity contribution in [1.29, 1.82) is 52.6 Å². The first-order valence-corrected chi connectivity index (χ1v) is 33.8. The molecule has 17 rings (SSSR count). The van der Waals surface area contributed by atoms with Gasteiger partial charge in [0.25, 0.3) is 0 Å². The van der Waals surface area contributed by atoms with Gasteiger partial charge < -0.3 is 24.2 Å². The number of nitrogens with zero attached hydrogens (tertiary/aromatic N) is 25. The minimum Gasteiger partial charge on any atom is -0.399 e. The number of rotatable bonds is 11. The lowest BCUT2D eigenvalue weighted by Crippen LogP contribution is -2.07. The number of fused-ring (bicyclic) bond motifs is 15. The molecule has 0 spiro atoms. The third kappa shape index (κ3) is 14.6. The van der Waals surface area contributed by atoms with Gasteiger partial charge in [0.15, 0.2) is 62.7 Å². The smallest absolute Gasteiger partial charge is 0.177 e. The van der Waals surface area contributed by atoms with Crippen LogP contribution in [0.2, 0.25) is 0 Å². The van der Waals surface area contributed by atoms with Gasteiger partial charge in [-0.15, -0.1) is 0 Å². The summed E-state index contributed by atoms with van der Waals surface area (Å²) < 4.78 is 0. The van der Waals surface area contributed by atoms with Crippen LogP contribution in [0.4, 0.5) is 0 Å². The summed E-state index contributed by atoms with van der Waals surface area (Å²) in [4.78, 5) is 68.8. The van der Waals surface area contributed by atoms with Gasteiger partial charge in [-0.3, -0.25) is 0 Å². The van der Waals surface area contributed by atoms with E-state index in [9.17, 15) is 21.0 Å². The van der Waals surface area contributed by atoms with Crippen LogP contribution in [0.5, 0.6) is 5.75 Å². The summed E-state index contributed by atoms with van der Waals surface area (Å²) in [7, 11) is 1.44. The molecule has 7 aromatic carbocycles. The lowest BCUT2D eigenvalue weighted by molar-refractivity contribution is 0.131. The maximum Gasteiger partial charge on any atom is 0.177 e. The summed E-state index contributed by atoms with van der Waals surface area (Å²) in [5, 5.41) is 112. The van der Waals surface area contributed by atoms with Crippen molar-refractivity contribution in [2.24, 2.45) is 25.8 Å². The van der Waals surface area contributed by atoms with Crippen molar-refractivity contribution in [1.82, 2.24) is 49.8 Å². The summed E-state index contributed by atoms with van der Waals surface area (Å²) in [6.07, 6.45) is 1.58. The number of para-hydroxylation sites is 1. The highest BCUT2D eigenvalue weighted by molar-refractivity contribution is 6.25. The molecule has 0 fully saturated rings. The first-order valence-electron chi connectivity index (χ1n) is 33.8. The standard InChI is InChI=1S/C20H11N5O.C19H9N5O.C16H9N5O.C15H9N5O.C14H7N5O/c21-10-16-17(11-22)24-20-18(23-16)14-8-4-5-9-15(14)19(20)25-26-12-13-6-2-1-3-7-13;20-10-15-16(11-21)23-19-17(22-15)13-8-4-5-9-14(13)18(19)24-25-12-6-2-1-3-7-12;1-2-7-22-21-15-11-6-4-3-5-10(11)14-16(15)20-13(9-18)12(8-17)19-14;1-2-21-20-14-10-6-4-3-5-9(10)13-15(14)19-12(8-17)11(7-16)18-13;1-20-19-13-9-5-3-2-4-8(9)12-14(13)18-11(7-16)10(6-15)17-12/h1-9H,12H2;1-9H;2-6H,1,7H2;3-6H,2H2,1H3;2-5H,1H3. The Morgan fingerprint density at radius 2 is 0.526 bits per heavy atom. The fraction of sp³-hybridized carbons (Fsp3) is 0.0595. The molecule has 0 N–H and O–H groups in total. The predicted molar refractivity (Wildman–Crippen MR) is 406 cm³/mol. The second-order valence-electron chi connectivity index (χ2n) is 23.5. The van der Waals surface area contributed by atoms with E-state index in [2.05, 4.69) is 82.2 Å². The van der Waals surface area contributed by atoms with Gasteiger partial charge >= 0.3 is 0 Å². The van der Waals surface area contributed by atoms with Crippen molar-refractivity contribution >= 4 is 28.6 Å². The highest BCUT2D eigenvalue weighted by Gasteiger charge is 2.36. The van der Waals surface area contributed by atoms with Crippen LogP contribution in [-0.2, 0) is 26.0 Å². The molecule has 12 aromatic rings. The third-order valence-electron chi connectivity index (χ3n) is 16.9. The molecule has 0 atom stereocenters. The molecule has 5 aliphatic rings. The molecule has 0 bridgehead atoms. The van der Waals surface area contributed by atoms with E-state index in [4.69, 9.17) is 55.8 Å². The van der Waals surface area contributed by atoms with Gasteiger partial charge in [-0.1, -0.05) is 208 Å². The third-order valence-corrected chi connectivity index (χ3v) is 16.9. The summed E-state index contributed by atoms with van der Waals surface area (Å²) in [5.74, 6) is 0.586. The van der Waals surface area contributed by atoms with Crippen molar-refractivity contribution in [2.45, 2.75) is 13.5 Å². The zero-order valence-electron chi connectivity index (χ0n) is 59.4. The number of aromatic nitrogens is 10. The van der Waals surface area contributed by atoms with Gasteiger partial charge in [0.05, 0.1) is 0 Å². The lowest BCUT2D eigenvalue weighted by Gasteiger charge is -2.03. The Morgan fingerprint density at radius 3 is 0.798 bits per heavy atom. The topological polar surface area (TPSA) is 475 Å². The average Bonchev–Trinajstić information content (AvgIpc) is 1.64. The first kappa shape index (κ1) is 74.2. The lowest BCUT2D eigenvalue weighted by atomic mass is 10.1. The number of hydrogen-bond acceptors (Lipinski definition) is 30. The predicted octanol–water partition coefficient (Wildman–Crippen LogP) is 11.9. The van der Waals surface area contributed by atoms with Crippen LogP contribution < -0.4 is 4.84 Å². The Morgan fingerprint density at radius 1 is 0.289 bits per heavy atom. The van der Waals surface area contributed by atoms with E-state index in [-0.39, 0.29) is 63.5 Å². The summed E-state index contributed by atoms with van der Waals surface area (Å²) >= 11 is 0. The van der Waals surface area contributed by atoms with E-state index in [1.165, 1.54) is 7.11 Å². The second-order valence-corrected chi connectivity index (χ2v) is 23.5. The molecule has 114 heavy (non-hydrogen) atoms. The highest BCUT2D eigenvalue weighted by atomic mass is 16.6. The number of benzene rings is 7. The molecule has 30 heteroatoms. The number of hydrogen-bond donors (Lipinski definition) is 0. The van der Waals surface area contributed by atoms with Gasteiger partial charge in [-0.2, -0.15) is 52.6 Å². The molecule has 0 unspecified atom stereocenters. The second kappa shape index (κ2) is 34.0. The molecule has 5 aromatic heterocycles. The Labute approximate surface area is 647 Å². The van der Waals surface area contributed by atoms with Crippen LogP contribution >= 0.6 is 0 Å². The molecule has 30 nitrogen and oxygen atoms in total. The summed E-state index contributed by atoms with van der Waals surface area (Å²) in [5.41, 5.74) is 16.7. The van der Waals surface area contributed by atoms with Crippen LogP contribution in [0.25, 0.3) is 56.3 Å². The zero-order chi connectivity index (χ0) is 79.6. The minimum atomic E-state index is -0.0264. The molecule has 0 saturated heterocycles. The largest absolute Gasteiger partial charge is 0.399 e. The fourth-order valence-corrected chi connectivity index (χ4v) is 12.0. The van der Waals surface area contributed by atoms with E-state index in [0.717, 1.165) is 61.2 Å². The minimum absolute atomic E-state index is 0.00119. The number of nitriles is 10. The van der Waals surface area contributed by atoms with Crippen LogP contribution in [0.15, 0.2) is 220 Å². The first-order chi connectivity index (χ1) is 56.0. The Balaban J connectivity index is 0.000000125. The molecule has 5 aliphatic carbocycles. The van der Waals surface area contributed by atoms with Crippen LogP contribution in [0.3, 0.4) is 0 Å². The van der Waals surface area contributed by atoms with E-state index in [0.29, 0.717) is 104 Å². The van der Waals surface area contributed by atoms with Crippen LogP contribution in [0.1, 0.15) is 126 Å². The van der Waals surface area contributed by atoms with Gasteiger partial charge in [0.2, 0.25) is 0 Å². The van der Waals surface area contributed by atoms with Crippen LogP contribution in [-0.4, -0.2) is 98.7 Å². The van der Waals surface area contributed by atoms with E-state index < -0.39 is 0 Å². The van der Waals surface area contributed by atoms with Gasteiger partial charge in [-0.05, 0) is 24.6 Å². The molecule has 0 aliphatic heterocycles. The highest BCUT2D eigenvalue weighted by Crippen LogP contribution is 2.40. The molecular formula is C84H45N25O5. The van der Waals surface area contributed by atoms with E-state index in [1.54, 1.807) is 18.2 Å². The van der Waals surface area contributed by atoms with Gasteiger partial charge in [0.1, 0.15) is 173 Å². The molecule has 536 valence electrons. The van der Waals surface area contributed by atoms with Crippen molar-refractivity contribution in [3.05, 3.63) is 313 Å². The Bertz CT molecular complexity index is 6590. The van der Waals surface area contributed by atoms with Gasteiger partial charge in [-0.25, -0.2) is 49.8 Å². The molecule has 5 heterocycles. The van der Waals surface area contributed by atoms with Crippen molar-refractivity contribution in [2.75, 3.05) is 20.3 Å².